The summed E-state index contributed by atoms with van der Waals surface area (Å²) in [6.45, 7) is 5.96. The maximum atomic E-state index is 14.5. The number of hydrogen-bond donors (Lipinski definition) is 0. The maximum absolute atomic E-state index is 14.5. The Morgan fingerprint density at radius 1 is 1.20 bits per heavy atom. The highest BCUT2D eigenvalue weighted by molar-refractivity contribution is 5.69. The first-order chi connectivity index (χ1) is 12.0. The first-order valence-electron chi connectivity index (χ1n) is 9.12. The zero-order chi connectivity index (χ0) is 17.7. The van der Waals surface area contributed by atoms with E-state index < -0.39 is 11.6 Å². The van der Waals surface area contributed by atoms with E-state index in [0.29, 0.717) is 18.0 Å². The van der Waals surface area contributed by atoms with Gasteiger partial charge in [0.2, 0.25) is 0 Å². The molecule has 0 saturated carbocycles. The van der Waals surface area contributed by atoms with Crippen LogP contribution >= 0.6 is 0 Å². The van der Waals surface area contributed by atoms with Crippen molar-refractivity contribution in [2.75, 3.05) is 19.6 Å². The first kappa shape index (κ1) is 16.8. The Kier molecular flexibility index (Phi) is 4.18. The van der Waals surface area contributed by atoms with Gasteiger partial charge in [0.1, 0.15) is 0 Å². The van der Waals surface area contributed by atoms with Gasteiger partial charge in [0, 0.05) is 18.5 Å². The highest BCUT2D eigenvalue weighted by Gasteiger charge is 2.55. The molecule has 136 valence electrons. The van der Waals surface area contributed by atoms with Gasteiger partial charge >= 0.3 is 6.09 Å². The Bertz CT molecular complexity index is 673. The summed E-state index contributed by atoms with van der Waals surface area (Å²) in [6.07, 6.45) is 1.56. The molecule has 0 N–H and O–H groups in total. The molecule has 4 fully saturated rings. The van der Waals surface area contributed by atoms with Crippen molar-refractivity contribution in [3.63, 3.8) is 0 Å². The Balaban J connectivity index is 1.71. The largest absolute Gasteiger partial charge is 0.447 e. The van der Waals surface area contributed by atoms with Gasteiger partial charge in [-0.25, -0.2) is 13.6 Å². The van der Waals surface area contributed by atoms with Gasteiger partial charge in [0.25, 0.3) is 0 Å². The number of carbonyl (C=O) groups is 1. The van der Waals surface area contributed by atoms with Gasteiger partial charge in [-0.05, 0) is 57.3 Å². The molecular formula is C19H24F2N2O2. The summed E-state index contributed by atoms with van der Waals surface area (Å²) in [5.41, 5.74) is 0.377. The molecule has 0 aliphatic carbocycles. The van der Waals surface area contributed by atoms with Gasteiger partial charge < -0.3 is 9.64 Å². The van der Waals surface area contributed by atoms with Crippen molar-refractivity contribution in [2.45, 2.75) is 50.8 Å². The summed E-state index contributed by atoms with van der Waals surface area (Å²) in [7, 11) is 0. The van der Waals surface area contributed by atoms with Crippen LogP contribution in [-0.4, -0.2) is 53.7 Å². The van der Waals surface area contributed by atoms with Crippen LogP contribution in [0.25, 0.3) is 0 Å². The number of piperidine rings is 3. The molecule has 1 aromatic rings. The van der Waals surface area contributed by atoms with E-state index in [1.165, 1.54) is 0 Å². The molecule has 6 heteroatoms. The van der Waals surface area contributed by atoms with Crippen molar-refractivity contribution in [1.29, 1.82) is 0 Å². The topological polar surface area (TPSA) is 32.8 Å². The Morgan fingerprint density at radius 3 is 2.60 bits per heavy atom. The molecule has 4 saturated heterocycles. The molecule has 2 bridgehead atoms. The summed E-state index contributed by atoms with van der Waals surface area (Å²) in [4.78, 5) is 16.8. The van der Waals surface area contributed by atoms with Crippen molar-refractivity contribution in [3.8, 4) is 0 Å². The summed E-state index contributed by atoms with van der Waals surface area (Å²) >= 11 is 0. The predicted molar refractivity (Wildman–Crippen MR) is 89.3 cm³/mol. The monoisotopic (exact) mass is 350 g/mol. The molecule has 25 heavy (non-hydrogen) atoms. The van der Waals surface area contributed by atoms with Gasteiger partial charge in [0.05, 0.1) is 12.1 Å². The lowest BCUT2D eigenvalue weighted by molar-refractivity contribution is -0.0115. The smallest absolute Gasteiger partial charge is 0.410 e. The molecule has 5 rings (SSSR count). The molecule has 4 heterocycles. The fourth-order valence-electron chi connectivity index (χ4n) is 4.98. The third kappa shape index (κ3) is 2.71. The molecule has 0 unspecified atom stereocenters. The predicted octanol–water partition coefficient (Wildman–Crippen LogP) is 3.37. The third-order valence-electron chi connectivity index (χ3n) is 5.95. The number of hydrogen-bond acceptors (Lipinski definition) is 3. The zero-order valence-electron chi connectivity index (χ0n) is 14.6. The second-order valence-electron chi connectivity index (χ2n) is 7.69. The van der Waals surface area contributed by atoms with Crippen LogP contribution in [0.15, 0.2) is 18.2 Å². The van der Waals surface area contributed by atoms with E-state index in [1.54, 1.807) is 17.0 Å². The highest BCUT2D eigenvalue weighted by Crippen LogP contribution is 2.47. The standard InChI is InChI=1S/C19H24F2N2O2/c1-11(2)25-19(24)23-10-14(13-4-3-5-15(20)16(13)21)18-17(23)12-6-8-22(18)9-7-12/h3-5,11-12,14,17-18H,6-10H2,1-2H3/t14-,17+,18+/m1/s1. The summed E-state index contributed by atoms with van der Waals surface area (Å²) in [5.74, 6) is -1.42. The van der Waals surface area contributed by atoms with Crippen molar-refractivity contribution in [1.82, 2.24) is 9.80 Å². The number of fused-ring (bicyclic) bond motifs is 2. The fraction of sp³-hybridized carbons (Fsp3) is 0.632. The summed E-state index contributed by atoms with van der Waals surface area (Å²) in [5, 5.41) is 0. The molecule has 1 amide bonds. The van der Waals surface area contributed by atoms with Crippen molar-refractivity contribution in [3.05, 3.63) is 35.4 Å². The fourth-order valence-corrected chi connectivity index (χ4v) is 4.98. The molecule has 0 spiro atoms. The zero-order valence-corrected chi connectivity index (χ0v) is 14.6. The Labute approximate surface area is 146 Å². The van der Waals surface area contributed by atoms with Crippen molar-refractivity contribution < 1.29 is 18.3 Å². The van der Waals surface area contributed by atoms with Crippen LogP contribution in [0, 0.1) is 17.6 Å². The number of amides is 1. The van der Waals surface area contributed by atoms with Crippen LogP contribution in [0.5, 0.6) is 0 Å². The van der Waals surface area contributed by atoms with E-state index in [-0.39, 0.29) is 30.2 Å². The lowest BCUT2D eigenvalue weighted by Gasteiger charge is -2.50. The molecule has 3 atom stereocenters. The Morgan fingerprint density at radius 2 is 1.92 bits per heavy atom. The maximum Gasteiger partial charge on any atom is 0.410 e. The minimum Gasteiger partial charge on any atom is -0.447 e. The van der Waals surface area contributed by atoms with Crippen LogP contribution in [0.1, 0.15) is 38.2 Å². The molecule has 4 nitrogen and oxygen atoms in total. The summed E-state index contributed by atoms with van der Waals surface area (Å²) < 4.78 is 33.7. The number of ether oxygens (including phenoxy) is 1. The lowest BCUT2D eigenvalue weighted by atomic mass is 9.75. The van der Waals surface area contributed by atoms with E-state index >= 15 is 0 Å². The average Bonchev–Trinajstić information content (AvgIpc) is 3.00. The van der Waals surface area contributed by atoms with Crippen LogP contribution < -0.4 is 0 Å². The second-order valence-corrected chi connectivity index (χ2v) is 7.69. The van der Waals surface area contributed by atoms with Gasteiger partial charge in [-0.1, -0.05) is 12.1 Å². The lowest BCUT2D eigenvalue weighted by Crippen LogP contribution is -2.60. The third-order valence-corrected chi connectivity index (χ3v) is 5.95. The Hall–Kier alpha value is -1.69. The van der Waals surface area contributed by atoms with E-state index in [2.05, 4.69) is 4.90 Å². The van der Waals surface area contributed by atoms with Crippen molar-refractivity contribution in [2.24, 2.45) is 5.92 Å². The van der Waals surface area contributed by atoms with Crippen LogP contribution in [-0.2, 0) is 4.74 Å². The molecule has 0 aromatic heterocycles. The van der Waals surface area contributed by atoms with Crippen LogP contribution in [0.4, 0.5) is 13.6 Å². The van der Waals surface area contributed by atoms with Gasteiger partial charge in [-0.2, -0.15) is 0 Å². The highest BCUT2D eigenvalue weighted by atomic mass is 19.2. The van der Waals surface area contributed by atoms with E-state index in [0.717, 1.165) is 32.0 Å². The number of nitrogens with zero attached hydrogens (tertiary/aromatic N) is 2. The molecule has 0 radical (unpaired) electrons. The molecular weight excluding hydrogens is 326 g/mol. The average molecular weight is 350 g/mol. The number of likely N-dealkylation sites (tertiary alicyclic amines) is 1. The normalized spacial score (nSPS) is 33.6. The van der Waals surface area contributed by atoms with E-state index in [9.17, 15) is 13.6 Å². The van der Waals surface area contributed by atoms with Crippen LogP contribution in [0.3, 0.4) is 0 Å². The molecule has 4 aliphatic rings. The first-order valence-corrected chi connectivity index (χ1v) is 9.12. The summed E-state index contributed by atoms with van der Waals surface area (Å²) in [6, 6.07) is 4.42. The van der Waals surface area contributed by atoms with Gasteiger partial charge in [0.15, 0.2) is 11.6 Å². The number of carbonyl (C=O) groups excluding carboxylic acids is 1. The second kappa shape index (κ2) is 6.24. The number of rotatable bonds is 2. The van der Waals surface area contributed by atoms with Gasteiger partial charge in [-0.3, -0.25) is 4.90 Å². The number of benzene rings is 1. The van der Waals surface area contributed by atoms with Crippen molar-refractivity contribution >= 4 is 6.09 Å². The molecule has 4 aliphatic heterocycles. The minimum atomic E-state index is -0.826. The van der Waals surface area contributed by atoms with Crippen LogP contribution in [0.2, 0.25) is 0 Å². The molecule has 1 aromatic carbocycles. The van der Waals surface area contributed by atoms with E-state index in [1.807, 2.05) is 13.8 Å². The van der Waals surface area contributed by atoms with E-state index in [4.69, 9.17) is 4.74 Å². The minimum absolute atomic E-state index is 0.0291. The van der Waals surface area contributed by atoms with Gasteiger partial charge in [-0.15, -0.1) is 0 Å². The SMILES string of the molecule is CC(C)OC(=O)N1C[C@H](c2cccc(F)c2F)[C@H]2[C@@H]1C1CCN2CC1. The quantitative estimate of drug-likeness (QED) is 0.820. The number of halogens is 2.